The van der Waals surface area contributed by atoms with Gasteiger partial charge in [0.05, 0.1) is 0 Å². The lowest BCUT2D eigenvalue weighted by Gasteiger charge is -2.17. The molecule has 1 heterocycles. The summed E-state index contributed by atoms with van der Waals surface area (Å²) in [4.78, 5) is 15.0. The molecule has 43 heavy (non-hydrogen) atoms. The Labute approximate surface area is 253 Å². The molecule has 0 fully saturated rings. The van der Waals surface area contributed by atoms with Gasteiger partial charge in [0.15, 0.2) is 11.6 Å². The lowest BCUT2D eigenvalue weighted by molar-refractivity contribution is 0.766. The van der Waals surface area contributed by atoms with Gasteiger partial charge in [-0.05, 0) is 46.7 Å². The maximum atomic E-state index is 5.03. The highest BCUT2D eigenvalue weighted by atomic mass is 15.0. The van der Waals surface area contributed by atoms with Crippen molar-refractivity contribution in [2.24, 2.45) is 0 Å². The van der Waals surface area contributed by atoms with E-state index in [9.17, 15) is 0 Å². The van der Waals surface area contributed by atoms with E-state index in [0.717, 1.165) is 23.4 Å². The van der Waals surface area contributed by atoms with Crippen LogP contribution in [-0.4, -0.2) is 15.0 Å². The van der Waals surface area contributed by atoms with Crippen LogP contribution in [0.3, 0.4) is 0 Å². The zero-order valence-corrected chi connectivity index (χ0v) is 24.1. The van der Waals surface area contributed by atoms with Crippen molar-refractivity contribution < 1.29 is 0 Å². The van der Waals surface area contributed by atoms with E-state index in [-0.39, 0.29) is 5.92 Å². The van der Waals surface area contributed by atoms with E-state index in [4.69, 9.17) is 15.0 Å². The van der Waals surface area contributed by atoms with Crippen molar-refractivity contribution in [3.05, 3.63) is 169 Å². The molecule has 0 spiro atoms. The van der Waals surface area contributed by atoms with Gasteiger partial charge in [0.25, 0.3) is 0 Å². The minimum Gasteiger partial charge on any atom is -0.212 e. The van der Waals surface area contributed by atoms with Crippen LogP contribution in [0.2, 0.25) is 0 Å². The summed E-state index contributed by atoms with van der Waals surface area (Å²) in [7, 11) is 0. The summed E-state index contributed by atoms with van der Waals surface area (Å²) in [6.07, 6.45) is 7.54. The van der Waals surface area contributed by atoms with Crippen LogP contribution in [0.1, 0.15) is 29.3 Å². The van der Waals surface area contributed by atoms with Crippen molar-refractivity contribution in [1.82, 2.24) is 15.0 Å². The zero-order valence-electron chi connectivity index (χ0n) is 24.1. The van der Waals surface area contributed by atoms with E-state index < -0.39 is 0 Å². The topological polar surface area (TPSA) is 38.7 Å². The average Bonchev–Trinajstić information content (AvgIpc) is 3.09. The van der Waals surface area contributed by atoms with E-state index in [1.54, 1.807) is 0 Å². The molecule has 0 saturated heterocycles. The van der Waals surface area contributed by atoms with Crippen molar-refractivity contribution in [2.45, 2.75) is 19.3 Å². The molecule has 1 aromatic heterocycles. The molecule has 1 aliphatic rings. The Morgan fingerprint density at radius 2 is 0.907 bits per heavy atom. The fourth-order valence-electron chi connectivity index (χ4n) is 5.47. The molecule has 0 bridgehead atoms. The summed E-state index contributed by atoms with van der Waals surface area (Å²) in [6, 6.07) is 46.5. The van der Waals surface area contributed by atoms with Crippen molar-refractivity contribution >= 4 is 5.57 Å². The molecule has 206 valence electrons. The van der Waals surface area contributed by atoms with Gasteiger partial charge in [-0.3, -0.25) is 0 Å². The van der Waals surface area contributed by atoms with Gasteiger partial charge in [-0.25, -0.2) is 15.0 Å². The van der Waals surface area contributed by atoms with Gasteiger partial charge < -0.3 is 0 Å². The third-order valence-electron chi connectivity index (χ3n) is 7.97. The van der Waals surface area contributed by atoms with Crippen molar-refractivity contribution in [2.75, 3.05) is 0 Å². The fourth-order valence-corrected chi connectivity index (χ4v) is 5.47. The number of rotatable bonds is 6. The summed E-state index contributed by atoms with van der Waals surface area (Å²) >= 11 is 0. The van der Waals surface area contributed by atoms with Crippen LogP contribution in [0.25, 0.3) is 50.6 Å². The molecule has 1 atom stereocenters. The monoisotopic (exact) mass is 553 g/mol. The first-order valence-corrected chi connectivity index (χ1v) is 14.7. The fraction of sp³-hybridized carbons (Fsp3) is 0.0750. The van der Waals surface area contributed by atoms with E-state index >= 15 is 0 Å². The molecule has 1 aliphatic carbocycles. The minimum atomic E-state index is 0.0726. The molecule has 1 unspecified atom stereocenters. The number of aryl methyl sites for hydroxylation is 1. The molecule has 6 aromatic rings. The summed E-state index contributed by atoms with van der Waals surface area (Å²) in [5, 5.41) is 0. The van der Waals surface area contributed by atoms with Gasteiger partial charge in [-0.1, -0.05) is 157 Å². The Kier molecular flexibility index (Phi) is 7.29. The molecular formula is C40H31N3. The lowest BCUT2D eigenvalue weighted by Crippen LogP contribution is -2.08. The smallest absolute Gasteiger partial charge is 0.163 e. The second kappa shape index (κ2) is 11.8. The molecule has 7 rings (SSSR count). The molecule has 3 heteroatoms. The molecular weight excluding hydrogens is 522 g/mol. The van der Waals surface area contributed by atoms with Gasteiger partial charge in [-0.15, -0.1) is 0 Å². The predicted octanol–water partition coefficient (Wildman–Crippen LogP) is 9.98. The Hall–Kier alpha value is -5.41. The van der Waals surface area contributed by atoms with Gasteiger partial charge in [0.2, 0.25) is 0 Å². The van der Waals surface area contributed by atoms with Crippen LogP contribution in [0.5, 0.6) is 0 Å². The molecule has 0 amide bonds. The molecule has 0 saturated carbocycles. The first-order valence-electron chi connectivity index (χ1n) is 14.7. The van der Waals surface area contributed by atoms with E-state index in [1.807, 2.05) is 12.1 Å². The van der Waals surface area contributed by atoms with E-state index in [1.165, 1.54) is 39.0 Å². The van der Waals surface area contributed by atoms with Crippen LogP contribution in [0, 0.1) is 6.92 Å². The summed E-state index contributed by atoms with van der Waals surface area (Å²) in [5.74, 6) is 2.24. The normalized spacial score (nSPS) is 14.3. The van der Waals surface area contributed by atoms with Crippen molar-refractivity contribution in [3.63, 3.8) is 0 Å². The van der Waals surface area contributed by atoms with Crippen LogP contribution in [0.4, 0.5) is 0 Å². The molecule has 0 N–H and O–H groups in total. The Morgan fingerprint density at radius 1 is 0.465 bits per heavy atom. The van der Waals surface area contributed by atoms with Crippen LogP contribution >= 0.6 is 0 Å². The quantitative estimate of drug-likeness (QED) is 0.206. The van der Waals surface area contributed by atoms with E-state index in [0.29, 0.717) is 11.6 Å². The average molecular weight is 554 g/mol. The highest BCUT2D eigenvalue weighted by Crippen LogP contribution is 2.32. The number of benzene rings is 5. The van der Waals surface area contributed by atoms with E-state index in [2.05, 4.69) is 146 Å². The summed E-state index contributed by atoms with van der Waals surface area (Å²) in [6.45, 7) is 2.11. The second-order valence-electron chi connectivity index (χ2n) is 11.0. The SMILES string of the molecule is Cc1ccc(-c2ccc(-c3nc(-c4ccc(-c5ccccc5)cc4)nc(C4C=CC(c5ccccc5)=CC4)n3)cc2)cc1. The Balaban J connectivity index is 1.24. The largest absolute Gasteiger partial charge is 0.212 e. The Morgan fingerprint density at radius 3 is 1.40 bits per heavy atom. The number of allylic oxidation sites excluding steroid dienone is 4. The number of aromatic nitrogens is 3. The molecule has 0 radical (unpaired) electrons. The highest BCUT2D eigenvalue weighted by Gasteiger charge is 2.19. The van der Waals surface area contributed by atoms with Crippen molar-refractivity contribution in [1.29, 1.82) is 0 Å². The maximum Gasteiger partial charge on any atom is 0.163 e. The standard InChI is InChI=1S/C40H31N3/c1-28-12-14-31(15-13-28)34-20-26-37(27-21-34)40-42-38(35-22-16-32(17-23-35)29-8-4-2-5-9-29)41-39(43-40)36-24-18-33(19-25-36)30-10-6-3-7-11-30/h2-24,26-27,36H,25H2,1H3. The molecule has 5 aromatic carbocycles. The number of hydrogen-bond acceptors (Lipinski definition) is 3. The first-order chi connectivity index (χ1) is 21.2. The minimum absolute atomic E-state index is 0.0726. The van der Waals surface area contributed by atoms with Crippen LogP contribution in [0.15, 0.2) is 152 Å². The first kappa shape index (κ1) is 26.5. The Bertz CT molecular complexity index is 1900. The molecule has 3 nitrogen and oxygen atoms in total. The maximum absolute atomic E-state index is 5.03. The lowest BCUT2D eigenvalue weighted by atomic mass is 9.92. The van der Waals surface area contributed by atoms with Crippen LogP contribution in [-0.2, 0) is 0 Å². The van der Waals surface area contributed by atoms with Gasteiger partial charge >= 0.3 is 0 Å². The highest BCUT2D eigenvalue weighted by molar-refractivity contribution is 5.75. The second-order valence-corrected chi connectivity index (χ2v) is 11.0. The van der Waals surface area contributed by atoms with Gasteiger partial charge in [-0.2, -0.15) is 0 Å². The third kappa shape index (κ3) is 5.84. The van der Waals surface area contributed by atoms with Crippen molar-refractivity contribution in [3.8, 4) is 45.0 Å². The summed E-state index contributed by atoms with van der Waals surface area (Å²) < 4.78 is 0. The zero-order chi connectivity index (χ0) is 29.0. The third-order valence-corrected chi connectivity index (χ3v) is 7.97. The number of hydrogen-bond donors (Lipinski definition) is 0. The predicted molar refractivity (Wildman–Crippen MR) is 177 cm³/mol. The van der Waals surface area contributed by atoms with Crippen LogP contribution < -0.4 is 0 Å². The van der Waals surface area contributed by atoms with Gasteiger partial charge in [0, 0.05) is 17.0 Å². The molecule has 0 aliphatic heterocycles. The van der Waals surface area contributed by atoms with Gasteiger partial charge in [0.1, 0.15) is 5.82 Å². The number of nitrogens with zero attached hydrogens (tertiary/aromatic N) is 3. The summed E-state index contributed by atoms with van der Waals surface area (Å²) in [5.41, 5.74) is 10.4.